The van der Waals surface area contributed by atoms with Gasteiger partial charge in [-0.1, -0.05) is 41.9 Å². The van der Waals surface area contributed by atoms with Crippen molar-refractivity contribution in [2.24, 2.45) is 10.7 Å². The molecule has 0 spiro atoms. The average Bonchev–Trinajstić information content (AvgIpc) is 2.53. The van der Waals surface area contributed by atoms with E-state index < -0.39 is 5.92 Å². The molecule has 0 amide bonds. The SMILES string of the molecule is CCOC1=C(N)OC2=C(C(=O)CN=C2Cl)C1c1ccccc1. The number of aliphatic imine (C=N–C) groups is 1. The number of carbonyl (C=O) groups excluding carboxylic acids is 1. The Kier molecular flexibility index (Phi) is 3.90. The van der Waals surface area contributed by atoms with Gasteiger partial charge in [0.05, 0.1) is 18.1 Å². The predicted octanol–water partition coefficient (Wildman–Crippen LogP) is 2.44. The third-order valence-electron chi connectivity index (χ3n) is 3.53. The van der Waals surface area contributed by atoms with Gasteiger partial charge in [-0.05, 0) is 12.5 Å². The van der Waals surface area contributed by atoms with E-state index in [1.807, 2.05) is 37.3 Å². The van der Waals surface area contributed by atoms with Gasteiger partial charge in [0.2, 0.25) is 5.88 Å². The fraction of sp³-hybridized carbons (Fsp3) is 0.250. The number of rotatable bonds is 3. The van der Waals surface area contributed by atoms with Gasteiger partial charge in [-0.15, -0.1) is 0 Å². The Balaban J connectivity index is 2.18. The normalized spacial score (nSPS) is 21.3. The molecule has 0 radical (unpaired) electrons. The van der Waals surface area contributed by atoms with Gasteiger partial charge in [-0.25, -0.2) is 0 Å². The number of nitrogens with two attached hydrogens (primary N) is 1. The molecule has 0 saturated carbocycles. The van der Waals surface area contributed by atoms with E-state index in [-0.39, 0.29) is 29.1 Å². The summed E-state index contributed by atoms with van der Waals surface area (Å²) < 4.78 is 11.2. The zero-order chi connectivity index (χ0) is 15.7. The van der Waals surface area contributed by atoms with Gasteiger partial charge in [-0.3, -0.25) is 9.79 Å². The lowest BCUT2D eigenvalue weighted by atomic mass is 9.84. The first-order chi connectivity index (χ1) is 10.6. The monoisotopic (exact) mass is 318 g/mol. The topological polar surface area (TPSA) is 73.9 Å². The molecule has 2 aliphatic rings. The lowest BCUT2D eigenvalue weighted by Crippen LogP contribution is -2.31. The summed E-state index contributed by atoms with van der Waals surface area (Å²) in [5.74, 6) is 0.206. The molecule has 22 heavy (non-hydrogen) atoms. The molecule has 2 N–H and O–H groups in total. The van der Waals surface area contributed by atoms with E-state index in [2.05, 4.69) is 4.99 Å². The minimum absolute atomic E-state index is 0.00364. The minimum atomic E-state index is -0.429. The van der Waals surface area contributed by atoms with Crippen LogP contribution < -0.4 is 5.73 Å². The zero-order valence-electron chi connectivity index (χ0n) is 12.0. The fourth-order valence-electron chi connectivity index (χ4n) is 2.63. The van der Waals surface area contributed by atoms with E-state index >= 15 is 0 Å². The maximum atomic E-state index is 12.4. The Bertz CT molecular complexity index is 707. The molecule has 5 nitrogen and oxygen atoms in total. The van der Waals surface area contributed by atoms with Crippen LogP contribution in [0.2, 0.25) is 0 Å². The number of halogens is 1. The molecular formula is C16H15ClN2O3. The summed E-state index contributed by atoms with van der Waals surface area (Å²) in [5.41, 5.74) is 7.32. The highest BCUT2D eigenvalue weighted by Gasteiger charge is 2.40. The minimum Gasteiger partial charge on any atom is -0.492 e. The van der Waals surface area contributed by atoms with Crippen molar-refractivity contribution in [2.75, 3.05) is 13.2 Å². The van der Waals surface area contributed by atoms with Crippen molar-refractivity contribution < 1.29 is 14.3 Å². The molecule has 1 atom stereocenters. The predicted molar refractivity (Wildman–Crippen MR) is 83.3 cm³/mol. The van der Waals surface area contributed by atoms with Crippen molar-refractivity contribution in [1.82, 2.24) is 0 Å². The lowest BCUT2D eigenvalue weighted by molar-refractivity contribution is -0.115. The largest absolute Gasteiger partial charge is 0.492 e. The van der Waals surface area contributed by atoms with E-state index in [1.54, 1.807) is 0 Å². The number of hydrogen-bond acceptors (Lipinski definition) is 5. The molecule has 0 aliphatic carbocycles. The van der Waals surface area contributed by atoms with Crippen LogP contribution in [-0.2, 0) is 14.3 Å². The number of carbonyl (C=O) groups is 1. The summed E-state index contributed by atoms with van der Waals surface area (Å²) in [6.45, 7) is 2.27. The van der Waals surface area contributed by atoms with Crippen LogP contribution in [0.3, 0.4) is 0 Å². The molecule has 1 aromatic carbocycles. The third kappa shape index (κ3) is 2.37. The van der Waals surface area contributed by atoms with Crippen molar-refractivity contribution in [3.63, 3.8) is 0 Å². The highest BCUT2D eigenvalue weighted by molar-refractivity contribution is 6.70. The molecule has 2 heterocycles. The van der Waals surface area contributed by atoms with E-state index in [0.29, 0.717) is 17.9 Å². The summed E-state index contributed by atoms with van der Waals surface area (Å²) in [4.78, 5) is 16.4. The van der Waals surface area contributed by atoms with Gasteiger partial charge >= 0.3 is 0 Å². The Morgan fingerprint density at radius 2 is 2.14 bits per heavy atom. The van der Waals surface area contributed by atoms with Crippen molar-refractivity contribution >= 4 is 22.6 Å². The second kappa shape index (κ2) is 5.85. The molecule has 0 fully saturated rings. The van der Waals surface area contributed by atoms with Crippen LogP contribution in [0.25, 0.3) is 0 Å². The van der Waals surface area contributed by atoms with E-state index in [9.17, 15) is 4.79 Å². The number of benzene rings is 1. The van der Waals surface area contributed by atoms with Crippen LogP contribution in [0.1, 0.15) is 18.4 Å². The van der Waals surface area contributed by atoms with Crippen LogP contribution in [0.4, 0.5) is 0 Å². The summed E-state index contributed by atoms with van der Waals surface area (Å²) in [6.07, 6.45) is 0. The highest BCUT2D eigenvalue weighted by Crippen LogP contribution is 2.42. The average molecular weight is 319 g/mol. The number of ketones is 1. The molecule has 1 unspecified atom stereocenters. The summed E-state index contributed by atoms with van der Waals surface area (Å²) >= 11 is 6.09. The molecule has 0 aromatic heterocycles. The van der Waals surface area contributed by atoms with E-state index in [4.69, 9.17) is 26.8 Å². The lowest BCUT2D eigenvalue weighted by Gasteiger charge is -2.31. The van der Waals surface area contributed by atoms with Gasteiger partial charge in [0.1, 0.15) is 6.54 Å². The van der Waals surface area contributed by atoms with Gasteiger partial charge in [0, 0.05) is 0 Å². The quantitative estimate of drug-likeness (QED) is 0.929. The molecule has 0 bridgehead atoms. The van der Waals surface area contributed by atoms with Crippen LogP contribution >= 0.6 is 11.6 Å². The van der Waals surface area contributed by atoms with Crippen molar-refractivity contribution in [3.8, 4) is 0 Å². The molecular weight excluding hydrogens is 304 g/mol. The van der Waals surface area contributed by atoms with E-state index in [1.165, 1.54) is 0 Å². The van der Waals surface area contributed by atoms with Crippen molar-refractivity contribution in [1.29, 1.82) is 0 Å². The number of hydrogen-bond donors (Lipinski definition) is 1. The number of dihydropyridines is 1. The van der Waals surface area contributed by atoms with Crippen molar-refractivity contribution in [2.45, 2.75) is 12.8 Å². The number of Topliss-reactive ketones (excluding diaryl/α,β-unsaturated/α-hetero) is 1. The highest BCUT2D eigenvalue weighted by atomic mass is 35.5. The van der Waals surface area contributed by atoms with Gasteiger partial charge in [0.15, 0.2) is 22.5 Å². The molecule has 2 aliphatic heterocycles. The van der Waals surface area contributed by atoms with E-state index in [0.717, 1.165) is 5.56 Å². The maximum Gasteiger partial charge on any atom is 0.230 e. The molecule has 0 saturated heterocycles. The third-order valence-corrected chi connectivity index (χ3v) is 3.82. The maximum absolute atomic E-state index is 12.4. The Morgan fingerprint density at radius 3 is 2.82 bits per heavy atom. The van der Waals surface area contributed by atoms with Crippen LogP contribution in [0.5, 0.6) is 0 Å². The molecule has 114 valence electrons. The first-order valence-electron chi connectivity index (χ1n) is 6.96. The summed E-state index contributed by atoms with van der Waals surface area (Å²) in [7, 11) is 0. The molecule has 6 heteroatoms. The number of nitrogens with zero attached hydrogens (tertiary/aromatic N) is 1. The second-order valence-electron chi connectivity index (χ2n) is 4.88. The zero-order valence-corrected chi connectivity index (χ0v) is 12.8. The molecule has 1 aromatic rings. The van der Waals surface area contributed by atoms with Crippen LogP contribution in [-0.4, -0.2) is 24.1 Å². The number of allylic oxidation sites excluding steroid dienone is 2. The molecule has 3 rings (SSSR count). The standard InChI is InChI=1S/C16H15ClN2O3/c1-2-21-14-11(9-6-4-3-5-7-9)12-10(20)8-19-15(17)13(12)22-16(14)18/h3-7,11H,2,8,18H2,1H3. The Hall–Kier alpha value is -2.27. The fourth-order valence-corrected chi connectivity index (χ4v) is 2.83. The van der Waals surface area contributed by atoms with Gasteiger partial charge < -0.3 is 15.2 Å². The first-order valence-corrected chi connectivity index (χ1v) is 7.34. The van der Waals surface area contributed by atoms with Gasteiger partial charge in [0.25, 0.3) is 0 Å². The Labute approximate surface area is 133 Å². The van der Waals surface area contributed by atoms with Crippen LogP contribution in [0, 0.1) is 0 Å². The smallest absolute Gasteiger partial charge is 0.230 e. The van der Waals surface area contributed by atoms with Crippen molar-refractivity contribution in [3.05, 3.63) is 58.9 Å². The number of ether oxygens (including phenoxy) is 2. The second-order valence-corrected chi connectivity index (χ2v) is 5.24. The van der Waals surface area contributed by atoms with Gasteiger partial charge in [-0.2, -0.15) is 0 Å². The summed E-state index contributed by atoms with van der Waals surface area (Å²) in [5, 5.41) is 0.161. The summed E-state index contributed by atoms with van der Waals surface area (Å²) in [6, 6.07) is 9.53. The van der Waals surface area contributed by atoms with Crippen LogP contribution in [0.15, 0.2) is 58.3 Å². The first kappa shape index (κ1) is 14.7. The Morgan fingerprint density at radius 1 is 1.41 bits per heavy atom.